The van der Waals surface area contributed by atoms with Crippen molar-refractivity contribution < 1.29 is 4.74 Å². The van der Waals surface area contributed by atoms with Gasteiger partial charge in [-0.05, 0) is 43.3 Å². The van der Waals surface area contributed by atoms with Crippen LogP contribution >= 0.6 is 12.6 Å². The maximum absolute atomic E-state index is 6.01. The minimum absolute atomic E-state index is 0.557. The monoisotopic (exact) mass is 244 g/mol. The van der Waals surface area contributed by atoms with E-state index < -0.39 is 0 Å². The zero-order valence-corrected chi connectivity index (χ0v) is 11.8. The number of rotatable bonds is 7. The maximum Gasteiger partial charge on any atom is 0.0577 e. The smallest absolute Gasteiger partial charge is 0.0577 e. The second-order valence-electron chi connectivity index (χ2n) is 5.34. The van der Waals surface area contributed by atoms with Gasteiger partial charge in [0.15, 0.2) is 0 Å². The quantitative estimate of drug-likeness (QED) is 0.656. The summed E-state index contributed by atoms with van der Waals surface area (Å²) in [5.41, 5.74) is 0. The van der Waals surface area contributed by atoms with E-state index >= 15 is 0 Å². The summed E-state index contributed by atoms with van der Waals surface area (Å²) in [5.74, 6) is 2.69. The van der Waals surface area contributed by atoms with E-state index in [1.54, 1.807) is 0 Å². The summed E-state index contributed by atoms with van der Waals surface area (Å²) < 4.78 is 6.01. The predicted octanol–water partition coefficient (Wildman–Crippen LogP) is 4.32. The summed E-state index contributed by atoms with van der Waals surface area (Å²) in [5, 5.41) is 0. The molecule has 3 unspecified atom stereocenters. The number of ether oxygens (including phenoxy) is 1. The van der Waals surface area contributed by atoms with Crippen LogP contribution in [0.25, 0.3) is 0 Å². The highest BCUT2D eigenvalue weighted by Gasteiger charge is 2.21. The van der Waals surface area contributed by atoms with Gasteiger partial charge >= 0.3 is 0 Å². The molecule has 0 aliphatic heterocycles. The van der Waals surface area contributed by atoms with Gasteiger partial charge in [-0.15, -0.1) is 0 Å². The lowest BCUT2D eigenvalue weighted by atomic mass is 9.85. The van der Waals surface area contributed by atoms with Gasteiger partial charge in [0, 0.05) is 6.61 Å². The molecule has 96 valence electrons. The Kier molecular flexibility index (Phi) is 7.55. The van der Waals surface area contributed by atoms with Crippen molar-refractivity contribution in [2.75, 3.05) is 12.4 Å². The molecular weight excluding hydrogens is 216 g/mol. The first-order valence-electron chi connectivity index (χ1n) is 6.98. The van der Waals surface area contributed by atoms with E-state index in [0.717, 1.165) is 24.2 Å². The molecular formula is C14H28OS. The predicted molar refractivity (Wildman–Crippen MR) is 74.2 cm³/mol. The van der Waals surface area contributed by atoms with Crippen LogP contribution in [0, 0.1) is 11.8 Å². The Balaban J connectivity index is 2.08. The average Bonchev–Trinajstić information content (AvgIpc) is 2.30. The van der Waals surface area contributed by atoms with Gasteiger partial charge < -0.3 is 4.74 Å². The molecule has 1 aliphatic carbocycles. The molecule has 0 saturated heterocycles. The fourth-order valence-corrected chi connectivity index (χ4v) is 3.01. The summed E-state index contributed by atoms with van der Waals surface area (Å²) in [6.45, 7) is 5.56. The Labute approximate surface area is 107 Å². The first-order valence-corrected chi connectivity index (χ1v) is 7.62. The molecule has 1 nitrogen and oxygen atoms in total. The van der Waals surface area contributed by atoms with Gasteiger partial charge in [-0.3, -0.25) is 0 Å². The fourth-order valence-electron chi connectivity index (χ4n) is 2.56. The summed E-state index contributed by atoms with van der Waals surface area (Å²) in [6.07, 6.45) is 9.69. The van der Waals surface area contributed by atoms with Gasteiger partial charge in [-0.1, -0.05) is 33.1 Å². The third-order valence-electron chi connectivity index (χ3n) is 3.90. The van der Waals surface area contributed by atoms with E-state index in [1.165, 1.54) is 44.9 Å². The van der Waals surface area contributed by atoms with Gasteiger partial charge in [-0.2, -0.15) is 12.6 Å². The Morgan fingerprint density at radius 2 is 2.12 bits per heavy atom. The summed E-state index contributed by atoms with van der Waals surface area (Å²) in [4.78, 5) is 0. The van der Waals surface area contributed by atoms with Crippen LogP contribution in [0.1, 0.15) is 58.8 Å². The fraction of sp³-hybridized carbons (Fsp3) is 1.00. The molecule has 0 aromatic rings. The van der Waals surface area contributed by atoms with Crippen molar-refractivity contribution in [3.05, 3.63) is 0 Å². The Bertz CT molecular complexity index is 172. The third-order valence-corrected chi connectivity index (χ3v) is 4.16. The van der Waals surface area contributed by atoms with Gasteiger partial charge in [0.05, 0.1) is 6.10 Å². The third kappa shape index (κ3) is 5.58. The first kappa shape index (κ1) is 14.4. The van der Waals surface area contributed by atoms with Crippen LogP contribution in [-0.2, 0) is 4.74 Å². The molecule has 1 aliphatic rings. The lowest BCUT2D eigenvalue weighted by molar-refractivity contribution is 0.00699. The van der Waals surface area contributed by atoms with Gasteiger partial charge in [0.1, 0.15) is 0 Å². The van der Waals surface area contributed by atoms with Crippen LogP contribution in [0.15, 0.2) is 0 Å². The van der Waals surface area contributed by atoms with Crippen LogP contribution in [0.4, 0.5) is 0 Å². The lowest BCUT2D eigenvalue weighted by Crippen LogP contribution is -2.23. The first-order chi connectivity index (χ1) is 7.76. The van der Waals surface area contributed by atoms with Crippen LogP contribution in [0.3, 0.4) is 0 Å². The molecule has 0 heterocycles. The largest absolute Gasteiger partial charge is 0.378 e. The zero-order chi connectivity index (χ0) is 11.8. The molecule has 0 bridgehead atoms. The van der Waals surface area contributed by atoms with Crippen molar-refractivity contribution in [3.8, 4) is 0 Å². The number of hydrogen-bond donors (Lipinski definition) is 1. The molecule has 0 spiro atoms. The lowest BCUT2D eigenvalue weighted by Gasteiger charge is -2.28. The van der Waals surface area contributed by atoms with Gasteiger partial charge in [0.2, 0.25) is 0 Å². The molecule has 0 radical (unpaired) electrons. The van der Waals surface area contributed by atoms with E-state index in [2.05, 4.69) is 26.5 Å². The molecule has 0 aromatic heterocycles. The van der Waals surface area contributed by atoms with Crippen LogP contribution < -0.4 is 0 Å². The average molecular weight is 244 g/mol. The minimum Gasteiger partial charge on any atom is -0.378 e. The summed E-state index contributed by atoms with van der Waals surface area (Å²) >= 11 is 4.27. The van der Waals surface area contributed by atoms with Gasteiger partial charge in [-0.25, -0.2) is 0 Å². The van der Waals surface area contributed by atoms with Crippen molar-refractivity contribution in [2.45, 2.75) is 64.9 Å². The molecule has 1 rings (SSSR count). The van der Waals surface area contributed by atoms with Crippen molar-refractivity contribution in [2.24, 2.45) is 11.8 Å². The molecule has 3 atom stereocenters. The van der Waals surface area contributed by atoms with Crippen molar-refractivity contribution in [1.29, 1.82) is 0 Å². The molecule has 0 N–H and O–H groups in total. The highest BCUT2D eigenvalue weighted by atomic mass is 32.1. The molecule has 0 amide bonds. The highest BCUT2D eigenvalue weighted by molar-refractivity contribution is 7.80. The van der Waals surface area contributed by atoms with Crippen LogP contribution in [0.2, 0.25) is 0 Å². The van der Waals surface area contributed by atoms with E-state index in [0.29, 0.717) is 6.10 Å². The van der Waals surface area contributed by atoms with E-state index in [1.807, 2.05) is 0 Å². The van der Waals surface area contributed by atoms with Crippen molar-refractivity contribution >= 4 is 12.6 Å². The van der Waals surface area contributed by atoms with Crippen molar-refractivity contribution in [3.63, 3.8) is 0 Å². The summed E-state index contributed by atoms with van der Waals surface area (Å²) in [6, 6.07) is 0. The Morgan fingerprint density at radius 3 is 2.81 bits per heavy atom. The van der Waals surface area contributed by atoms with E-state index in [-0.39, 0.29) is 0 Å². The normalized spacial score (nSPS) is 27.9. The molecule has 1 fully saturated rings. The molecule has 2 heteroatoms. The number of hydrogen-bond acceptors (Lipinski definition) is 2. The standard InChI is InChI=1S/C14H28OS/c1-3-13-5-4-6-14(11-13)15-9-7-12(2)8-10-16/h12-14,16H,3-11H2,1-2H3. The maximum atomic E-state index is 6.01. The van der Waals surface area contributed by atoms with Gasteiger partial charge in [0.25, 0.3) is 0 Å². The second-order valence-corrected chi connectivity index (χ2v) is 5.79. The molecule has 1 saturated carbocycles. The molecule has 0 aromatic carbocycles. The highest BCUT2D eigenvalue weighted by Crippen LogP contribution is 2.28. The SMILES string of the molecule is CCC1CCCC(OCCC(C)CCS)C1. The van der Waals surface area contributed by atoms with E-state index in [4.69, 9.17) is 4.74 Å². The minimum atomic E-state index is 0.557. The number of thiol groups is 1. The van der Waals surface area contributed by atoms with Crippen LogP contribution in [0.5, 0.6) is 0 Å². The van der Waals surface area contributed by atoms with E-state index in [9.17, 15) is 0 Å². The van der Waals surface area contributed by atoms with Crippen LogP contribution in [-0.4, -0.2) is 18.5 Å². The molecule has 16 heavy (non-hydrogen) atoms. The second kappa shape index (κ2) is 8.41. The zero-order valence-electron chi connectivity index (χ0n) is 11.0. The Hall–Kier alpha value is 0.310. The topological polar surface area (TPSA) is 9.23 Å². The Morgan fingerprint density at radius 1 is 1.31 bits per heavy atom. The summed E-state index contributed by atoms with van der Waals surface area (Å²) in [7, 11) is 0. The van der Waals surface area contributed by atoms with Crippen molar-refractivity contribution in [1.82, 2.24) is 0 Å².